The highest BCUT2D eigenvalue weighted by molar-refractivity contribution is 6.09. The van der Waals surface area contributed by atoms with Gasteiger partial charge in [-0.25, -0.2) is 9.97 Å². The molecule has 0 fully saturated rings. The zero-order valence-electron chi connectivity index (χ0n) is 22.2. The lowest BCUT2D eigenvalue weighted by Gasteiger charge is -2.32. The van der Waals surface area contributed by atoms with Crippen molar-refractivity contribution >= 4 is 39.7 Å². The predicted octanol–water partition coefficient (Wildman–Crippen LogP) is 6.28. The van der Waals surface area contributed by atoms with E-state index in [0.29, 0.717) is 45.0 Å². The van der Waals surface area contributed by atoms with E-state index in [1.54, 1.807) is 38.8 Å². The van der Waals surface area contributed by atoms with Crippen LogP contribution in [0.4, 0.5) is 36.1 Å². The molecule has 0 unspecified atom stereocenters. The number of aryl methyl sites for hydroxylation is 1. The Morgan fingerprint density at radius 2 is 1.77 bits per heavy atom. The minimum atomic E-state index is -4.55. The monoisotopic (exact) mass is 535 g/mol. The number of hydrogen-bond acceptors (Lipinski definition) is 6. The lowest BCUT2D eigenvalue weighted by atomic mass is 9.95. The van der Waals surface area contributed by atoms with Gasteiger partial charge in [-0.1, -0.05) is 18.2 Å². The lowest BCUT2D eigenvalue weighted by molar-refractivity contribution is -0.138. The van der Waals surface area contributed by atoms with Gasteiger partial charge in [0.2, 0.25) is 0 Å². The lowest BCUT2D eigenvalue weighted by Crippen LogP contribution is -2.37. The van der Waals surface area contributed by atoms with Crippen molar-refractivity contribution < 1.29 is 22.7 Å². The first kappa shape index (κ1) is 26.4. The third kappa shape index (κ3) is 4.34. The van der Waals surface area contributed by atoms with Crippen LogP contribution < -0.4 is 15.5 Å². The van der Waals surface area contributed by atoms with Crippen LogP contribution >= 0.6 is 0 Å². The number of halogens is 3. The number of nitrogens with two attached hydrogens (primary N) is 1. The highest BCUT2D eigenvalue weighted by Crippen LogP contribution is 2.46. The number of ether oxygens (including phenoxy) is 1. The first-order chi connectivity index (χ1) is 18.3. The molecule has 1 amide bonds. The Morgan fingerprint density at radius 3 is 2.41 bits per heavy atom. The molecule has 10 heteroatoms. The number of nitrogen functional groups attached to an aromatic ring is 1. The number of alkyl halides is 3. The molecule has 0 saturated carbocycles. The Hall–Kier alpha value is -4.18. The fourth-order valence-electron chi connectivity index (χ4n) is 5.20. The summed E-state index contributed by atoms with van der Waals surface area (Å²) in [5.74, 6) is 0.736. The Balaban J connectivity index is 1.78. The quantitative estimate of drug-likeness (QED) is 0.303. The van der Waals surface area contributed by atoms with E-state index in [-0.39, 0.29) is 11.6 Å². The van der Waals surface area contributed by atoms with Gasteiger partial charge in [-0.15, -0.1) is 0 Å². The van der Waals surface area contributed by atoms with E-state index in [0.717, 1.165) is 12.1 Å². The maximum Gasteiger partial charge on any atom is 0.416 e. The van der Waals surface area contributed by atoms with Crippen LogP contribution in [0.2, 0.25) is 0 Å². The molecule has 2 heterocycles. The molecule has 0 aliphatic carbocycles. The minimum absolute atomic E-state index is 0.0126. The van der Waals surface area contributed by atoms with Gasteiger partial charge in [-0.2, -0.15) is 13.2 Å². The average molecular weight is 536 g/mol. The van der Waals surface area contributed by atoms with Gasteiger partial charge in [0.25, 0.3) is 5.91 Å². The van der Waals surface area contributed by atoms with Crippen LogP contribution in [0.3, 0.4) is 0 Å². The fraction of sp³-hybridized carbons (Fsp3) is 0.276. The number of amides is 1. The molecule has 0 spiro atoms. The summed E-state index contributed by atoms with van der Waals surface area (Å²) in [6, 6.07) is 15.9. The molecule has 4 aromatic rings. The summed E-state index contributed by atoms with van der Waals surface area (Å²) < 4.78 is 46.7. The number of rotatable bonds is 5. The third-order valence-corrected chi connectivity index (χ3v) is 7.34. The maximum absolute atomic E-state index is 13.7. The third-order valence-electron chi connectivity index (χ3n) is 7.34. The average Bonchev–Trinajstić information content (AvgIpc) is 3.08. The largest absolute Gasteiger partial charge is 0.416 e. The molecule has 1 aromatic heterocycles. The van der Waals surface area contributed by atoms with Gasteiger partial charge in [-0.05, 0) is 68.8 Å². The van der Waals surface area contributed by atoms with Crippen molar-refractivity contribution in [2.75, 3.05) is 29.7 Å². The second-order valence-electron chi connectivity index (χ2n) is 9.85. The number of nitrogens with zero attached hydrogens (tertiary/aromatic N) is 4. The summed E-state index contributed by atoms with van der Waals surface area (Å²) in [6.45, 7) is 5.26. The molecular formula is C29H28F3N5O2. The van der Waals surface area contributed by atoms with Crippen molar-refractivity contribution in [1.29, 1.82) is 0 Å². The van der Waals surface area contributed by atoms with E-state index in [9.17, 15) is 18.0 Å². The number of carbonyl (C=O) groups is 1. The highest BCUT2D eigenvalue weighted by atomic mass is 19.4. The van der Waals surface area contributed by atoms with E-state index in [2.05, 4.69) is 4.98 Å². The normalized spacial score (nSPS) is 17.9. The van der Waals surface area contributed by atoms with Gasteiger partial charge in [0.1, 0.15) is 11.6 Å². The summed E-state index contributed by atoms with van der Waals surface area (Å²) in [6.07, 6.45) is -4.55. The summed E-state index contributed by atoms with van der Waals surface area (Å²) in [4.78, 5) is 25.9. The standard InChI is InChI=1S/C29H28F3N5O2/c1-16(18-11-19(29(30,31)32)13-20(33)12-18)37(21-9-7-6-8-10-21)26-22-14-23-25(15-24(22)34-17(2)35-26)36(4)27(38)28(23,3)39-5/h6-16H,33H2,1-5H3/t16-,28+/m1/s1. The molecular weight excluding hydrogens is 507 g/mol. The van der Waals surface area contributed by atoms with E-state index in [1.165, 1.54) is 7.11 Å². The zero-order chi connectivity index (χ0) is 28.3. The van der Waals surface area contributed by atoms with E-state index in [1.807, 2.05) is 47.4 Å². The zero-order valence-corrected chi connectivity index (χ0v) is 22.2. The Morgan fingerprint density at radius 1 is 1.08 bits per heavy atom. The molecule has 3 aromatic carbocycles. The van der Waals surface area contributed by atoms with Crippen LogP contribution in [-0.2, 0) is 21.3 Å². The Kier molecular flexibility index (Phi) is 6.26. The molecule has 2 N–H and O–H groups in total. The molecule has 2 atom stereocenters. The molecule has 0 radical (unpaired) electrons. The summed E-state index contributed by atoms with van der Waals surface area (Å²) in [5, 5.41) is 0.626. The Bertz CT molecular complexity index is 1590. The van der Waals surface area contributed by atoms with Crippen molar-refractivity contribution in [3.8, 4) is 0 Å². The van der Waals surface area contributed by atoms with Gasteiger partial charge in [0.15, 0.2) is 5.60 Å². The van der Waals surface area contributed by atoms with Crippen LogP contribution in [0.1, 0.15) is 42.4 Å². The number of aromatic nitrogens is 2. The number of likely N-dealkylation sites (N-methyl/N-ethyl adjacent to an activating group) is 1. The minimum Gasteiger partial charge on any atom is -0.399 e. The number of hydrogen-bond donors (Lipinski definition) is 1. The number of methoxy groups -OCH3 is 1. The molecule has 5 rings (SSSR count). The molecule has 1 aliphatic heterocycles. The van der Waals surface area contributed by atoms with Gasteiger partial charge in [0, 0.05) is 36.5 Å². The van der Waals surface area contributed by atoms with Crippen molar-refractivity contribution in [3.05, 3.63) is 83.2 Å². The van der Waals surface area contributed by atoms with Crippen molar-refractivity contribution in [3.63, 3.8) is 0 Å². The molecule has 1 aliphatic rings. The van der Waals surface area contributed by atoms with E-state index in [4.69, 9.17) is 15.5 Å². The molecule has 39 heavy (non-hydrogen) atoms. The Labute approximate surface area is 224 Å². The number of para-hydroxylation sites is 1. The first-order valence-corrected chi connectivity index (χ1v) is 12.3. The van der Waals surface area contributed by atoms with E-state index >= 15 is 0 Å². The number of benzene rings is 3. The van der Waals surface area contributed by atoms with E-state index < -0.39 is 23.4 Å². The first-order valence-electron chi connectivity index (χ1n) is 12.3. The van der Waals surface area contributed by atoms with Crippen LogP contribution in [0.5, 0.6) is 0 Å². The van der Waals surface area contributed by atoms with Crippen LogP contribution in [-0.4, -0.2) is 30.0 Å². The predicted molar refractivity (Wildman–Crippen MR) is 145 cm³/mol. The highest BCUT2D eigenvalue weighted by Gasteiger charge is 2.47. The van der Waals surface area contributed by atoms with Gasteiger partial charge in [-0.3, -0.25) is 4.79 Å². The van der Waals surface area contributed by atoms with Gasteiger partial charge >= 0.3 is 6.18 Å². The summed E-state index contributed by atoms with van der Waals surface area (Å²) >= 11 is 0. The fourth-order valence-corrected chi connectivity index (χ4v) is 5.20. The molecule has 0 bridgehead atoms. The van der Waals surface area contributed by atoms with Gasteiger partial charge < -0.3 is 20.3 Å². The number of carbonyl (C=O) groups excluding carboxylic acids is 1. The van der Waals surface area contributed by atoms with Crippen LogP contribution in [0, 0.1) is 6.92 Å². The van der Waals surface area contributed by atoms with Crippen LogP contribution in [0.25, 0.3) is 10.9 Å². The van der Waals surface area contributed by atoms with Crippen molar-refractivity contribution in [1.82, 2.24) is 9.97 Å². The smallest absolute Gasteiger partial charge is 0.399 e. The summed E-state index contributed by atoms with van der Waals surface area (Å²) in [7, 11) is 3.16. The number of anilines is 4. The molecule has 7 nitrogen and oxygen atoms in total. The topological polar surface area (TPSA) is 84.6 Å². The molecule has 202 valence electrons. The van der Waals surface area contributed by atoms with Crippen molar-refractivity contribution in [2.24, 2.45) is 0 Å². The van der Waals surface area contributed by atoms with Crippen molar-refractivity contribution in [2.45, 2.75) is 38.6 Å². The number of fused-ring (bicyclic) bond motifs is 2. The summed E-state index contributed by atoms with van der Waals surface area (Å²) in [5.41, 5.74) is 6.90. The second-order valence-corrected chi connectivity index (χ2v) is 9.85. The second kappa shape index (κ2) is 9.23. The molecule has 0 saturated heterocycles. The maximum atomic E-state index is 13.7. The van der Waals surface area contributed by atoms with Gasteiger partial charge in [0.05, 0.1) is 22.8 Å². The van der Waals surface area contributed by atoms with Crippen LogP contribution in [0.15, 0.2) is 60.7 Å². The SMILES string of the molecule is CO[C@]1(C)C(=O)N(C)c2cc3nc(C)nc(N(c4ccccc4)[C@H](C)c4cc(N)cc(C(F)(F)F)c4)c3cc21.